The summed E-state index contributed by atoms with van der Waals surface area (Å²) >= 11 is 0. The van der Waals surface area contributed by atoms with Gasteiger partial charge in [-0.05, 0) is 36.8 Å². The van der Waals surface area contributed by atoms with Gasteiger partial charge in [0.25, 0.3) is 11.7 Å². The maximum Gasteiger partial charge on any atom is 0.296 e. The number of Topliss-reactive ketones (excluding diaryl/α,β-unsaturated/α-hetero) is 1. The number of aromatic hydroxyl groups is 1. The lowest BCUT2D eigenvalue weighted by atomic mass is 9.95. The Kier molecular flexibility index (Phi) is 4.68. The number of rotatable bonds is 4. The Hall–Kier alpha value is -3.80. The van der Waals surface area contributed by atoms with Gasteiger partial charge in [-0.2, -0.15) is 0 Å². The molecule has 0 saturated carbocycles. The topological polar surface area (TPSA) is 91.0 Å². The lowest BCUT2D eigenvalue weighted by molar-refractivity contribution is -0.140. The molecule has 0 aliphatic carbocycles. The number of aryl methyl sites for hydroxylation is 1. The molecule has 1 fully saturated rings. The second kappa shape index (κ2) is 7.31. The van der Waals surface area contributed by atoms with E-state index in [9.17, 15) is 19.8 Å². The van der Waals surface area contributed by atoms with Crippen LogP contribution in [0, 0.1) is 6.92 Å². The highest BCUT2D eigenvalue weighted by Crippen LogP contribution is 2.40. The number of aliphatic hydroxyl groups is 1. The quantitative estimate of drug-likeness (QED) is 0.401. The standard InChI is InChI=1S/C23H19NO5/c1-14-4-6-16(7-5-14)21(26)19-20(15-8-10-17(25)11-9-15)24(23(28)22(19)27)13-18-3-2-12-29-18/h2-12,20,25-26H,13H2,1H3/t20-/m1/s1. The second-order valence-electron chi connectivity index (χ2n) is 6.96. The number of amides is 1. The number of phenolic OH excluding ortho intramolecular Hbond substituents is 1. The molecule has 3 aromatic rings. The molecule has 146 valence electrons. The van der Waals surface area contributed by atoms with Gasteiger partial charge in [0.05, 0.1) is 24.4 Å². The Labute approximate surface area is 167 Å². The third-order valence-electron chi connectivity index (χ3n) is 4.98. The Bertz CT molecular complexity index is 1080. The third kappa shape index (κ3) is 3.40. The van der Waals surface area contributed by atoms with E-state index in [1.807, 2.05) is 19.1 Å². The van der Waals surface area contributed by atoms with Gasteiger partial charge < -0.3 is 19.5 Å². The van der Waals surface area contributed by atoms with Crippen molar-refractivity contribution in [3.63, 3.8) is 0 Å². The highest BCUT2D eigenvalue weighted by atomic mass is 16.3. The highest BCUT2D eigenvalue weighted by Gasteiger charge is 2.46. The molecule has 1 amide bonds. The molecule has 1 atom stereocenters. The first-order valence-corrected chi connectivity index (χ1v) is 9.12. The van der Waals surface area contributed by atoms with Crippen molar-refractivity contribution < 1.29 is 24.2 Å². The fraction of sp³-hybridized carbons (Fsp3) is 0.130. The van der Waals surface area contributed by atoms with Crippen molar-refractivity contribution in [2.45, 2.75) is 19.5 Å². The fourth-order valence-electron chi connectivity index (χ4n) is 3.48. The van der Waals surface area contributed by atoms with Gasteiger partial charge in [-0.3, -0.25) is 9.59 Å². The van der Waals surface area contributed by atoms with E-state index in [4.69, 9.17) is 4.42 Å². The van der Waals surface area contributed by atoms with Crippen LogP contribution in [-0.4, -0.2) is 26.8 Å². The van der Waals surface area contributed by atoms with Crippen LogP contribution < -0.4 is 0 Å². The maximum absolute atomic E-state index is 12.9. The Morgan fingerprint density at radius 3 is 2.34 bits per heavy atom. The number of hydrogen-bond acceptors (Lipinski definition) is 5. The van der Waals surface area contributed by atoms with Gasteiger partial charge in [0.15, 0.2) is 0 Å². The van der Waals surface area contributed by atoms with E-state index in [1.165, 1.54) is 23.3 Å². The van der Waals surface area contributed by atoms with Gasteiger partial charge in [0.1, 0.15) is 17.3 Å². The second-order valence-corrected chi connectivity index (χ2v) is 6.96. The third-order valence-corrected chi connectivity index (χ3v) is 4.98. The SMILES string of the molecule is Cc1ccc(C(O)=C2C(=O)C(=O)N(Cc3ccco3)[C@@H]2c2ccc(O)cc2)cc1. The smallest absolute Gasteiger partial charge is 0.296 e. The molecule has 29 heavy (non-hydrogen) atoms. The molecule has 1 aliphatic heterocycles. The number of benzene rings is 2. The van der Waals surface area contributed by atoms with Crippen LogP contribution in [0.15, 0.2) is 76.9 Å². The Balaban J connectivity index is 1.86. The van der Waals surface area contributed by atoms with Crippen LogP contribution in [0.2, 0.25) is 0 Å². The van der Waals surface area contributed by atoms with Crippen molar-refractivity contribution in [2.75, 3.05) is 0 Å². The van der Waals surface area contributed by atoms with Crippen molar-refractivity contribution >= 4 is 17.4 Å². The Morgan fingerprint density at radius 1 is 1.03 bits per heavy atom. The number of nitrogens with zero attached hydrogens (tertiary/aromatic N) is 1. The lowest BCUT2D eigenvalue weighted by Gasteiger charge is -2.24. The number of phenols is 1. The molecule has 2 heterocycles. The summed E-state index contributed by atoms with van der Waals surface area (Å²) in [5.41, 5.74) is 2.07. The zero-order valence-electron chi connectivity index (χ0n) is 15.7. The first kappa shape index (κ1) is 18.6. The molecule has 6 heteroatoms. The first-order chi connectivity index (χ1) is 14.0. The summed E-state index contributed by atoms with van der Waals surface area (Å²) in [4.78, 5) is 27.1. The van der Waals surface area contributed by atoms with Crippen LogP contribution in [0.1, 0.15) is 28.5 Å². The van der Waals surface area contributed by atoms with Gasteiger partial charge in [-0.15, -0.1) is 0 Å². The Morgan fingerprint density at radius 2 is 1.72 bits per heavy atom. The number of carbonyl (C=O) groups is 2. The lowest BCUT2D eigenvalue weighted by Crippen LogP contribution is -2.29. The van der Waals surface area contributed by atoms with Gasteiger partial charge in [0.2, 0.25) is 0 Å². The molecule has 6 nitrogen and oxygen atoms in total. The summed E-state index contributed by atoms with van der Waals surface area (Å²) in [5, 5.41) is 20.6. The van der Waals surface area contributed by atoms with Crippen LogP contribution in [0.25, 0.3) is 5.76 Å². The number of aliphatic hydroxyl groups excluding tert-OH is 1. The van der Waals surface area contributed by atoms with Gasteiger partial charge >= 0.3 is 0 Å². The van der Waals surface area contributed by atoms with Crippen LogP contribution in [-0.2, 0) is 16.1 Å². The highest BCUT2D eigenvalue weighted by molar-refractivity contribution is 6.46. The first-order valence-electron chi connectivity index (χ1n) is 9.12. The van der Waals surface area contributed by atoms with E-state index in [2.05, 4.69) is 0 Å². The number of carbonyl (C=O) groups excluding carboxylic acids is 2. The van der Waals surface area contributed by atoms with Crippen LogP contribution >= 0.6 is 0 Å². The van der Waals surface area contributed by atoms with Crippen molar-refractivity contribution in [2.24, 2.45) is 0 Å². The molecule has 1 saturated heterocycles. The van der Waals surface area contributed by atoms with E-state index < -0.39 is 17.7 Å². The largest absolute Gasteiger partial charge is 0.508 e. The van der Waals surface area contributed by atoms with Gasteiger partial charge in [0, 0.05) is 5.56 Å². The molecule has 0 radical (unpaired) electrons. The summed E-state index contributed by atoms with van der Waals surface area (Å²) in [6, 6.07) is 15.9. The zero-order valence-corrected chi connectivity index (χ0v) is 15.7. The normalized spacial score (nSPS) is 18.4. The summed E-state index contributed by atoms with van der Waals surface area (Å²) < 4.78 is 5.35. The van der Waals surface area contributed by atoms with E-state index in [1.54, 1.807) is 36.4 Å². The minimum absolute atomic E-state index is 0.0103. The number of likely N-dealkylation sites (tertiary alicyclic amines) is 1. The van der Waals surface area contributed by atoms with Crippen LogP contribution in [0.4, 0.5) is 0 Å². The van der Waals surface area contributed by atoms with Gasteiger partial charge in [-0.1, -0.05) is 42.0 Å². The molecular formula is C23H19NO5. The number of furan rings is 1. The number of hydrogen-bond donors (Lipinski definition) is 2. The van der Waals surface area contributed by atoms with Crippen molar-refractivity contribution in [3.05, 3.63) is 95.0 Å². The van der Waals surface area contributed by atoms with Crippen LogP contribution in [0.5, 0.6) is 5.75 Å². The van der Waals surface area contributed by atoms with E-state index in [0.29, 0.717) is 16.9 Å². The average Bonchev–Trinajstić information content (AvgIpc) is 3.31. The van der Waals surface area contributed by atoms with Crippen molar-refractivity contribution in [3.8, 4) is 5.75 Å². The molecule has 0 unspecified atom stereocenters. The molecule has 0 spiro atoms. The molecule has 1 aromatic heterocycles. The molecule has 2 N–H and O–H groups in total. The molecule has 0 bridgehead atoms. The summed E-state index contributed by atoms with van der Waals surface area (Å²) in [6.45, 7) is 2.00. The minimum atomic E-state index is -0.804. The number of ketones is 1. The van der Waals surface area contributed by atoms with Crippen LogP contribution in [0.3, 0.4) is 0 Å². The van der Waals surface area contributed by atoms with Crippen molar-refractivity contribution in [1.82, 2.24) is 4.90 Å². The fourth-order valence-corrected chi connectivity index (χ4v) is 3.48. The van der Waals surface area contributed by atoms with E-state index in [-0.39, 0.29) is 23.6 Å². The predicted octanol–water partition coefficient (Wildman–Crippen LogP) is 3.92. The average molecular weight is 389 g/mol. The summed E-state index contributed by atoms with van der Waals surface area (Å²) in [6.07, 6.45) is 1.49. The van der Waals surface area contributed by atoms with Crippen molar-refractivity contribution in [1.29, 1.82) is 0 Å². The molecular weight excluding hydrogens is 370 g/mol. The molecule has 1 aliphatic rings. The summed E-state index contributed by atoms with van der Waals surface area (Å²) in [7, 11) is 0. The van der Waals surface area contributed by atoms with E-state index >= 15 is 0 Å². The van der Waals surface area contributed by atoms with E-state index in [0.717, 1.165) is 5.56 Å². The predicted molar refractivity (Wildman–Crippen MR) is 106 cm³/mol. The maximum atomic E-state index is 12.9. The molecule has 4 rings (SSSR count). The monoisotopic (exact) mass is 389 g/mol. The zero-order chi connectivity index (χ0) is 20.5. The minimum Gasteiger partial charge on any atom is -0.508 e. The summed E-state index contributed by atoms with van der Waals surface area (Å²) in [5.74, 6) is -1.12. The molecule has 2 aromatic carbocycles. The van der Waals surface area contributed by atoms with Gasteiger partial charge in [-0.25, -0.2) is 0 Å².